The quantitative estimate of drug-likeness (QED) is 0.648. The van der Waals surface area contributed by atoms with Gasteiger partial charge in [0.2, 0.25) is 0 Å². The lowest BCUT2D eigenvalue weighted by molar-refractivity contribution is 0.0349. The molecule has 1 heterocycles. The number of aromatic nitrogens is 2. The molecule has 1 aliphatic rings. The van der Waals surface area contributed by atoms with E-state index in [0.29, 0.717) is 0 Å². The molecule has 3 heteroatoms. The average Bonchev–Trinajstić information content (AvgIpc) is 2.52. The normalized spacial score (nSPS) is 29.1. The first-order valence-electron chi connectivity index (χ1n) is 4.93. The van der Waals surface area contributed by atoms with Gasteiger partial charge in [0.1, 0.15) is 6.10 Å². The number of nitrogens with zero attached hydrogens (tertiary/aromatic N) is 2. The van der Waals surface area contributed by atoms with Gasteiger partial charge in [-0.15, -0.1) is 0 Å². The lowest BCUT2D eigenvalue weighted by atomic mass is 9.84. The minimum atomic E-state index is -0.413. The van der Waals surface area contributed by atoms with Crippen LogP contribution in [-0.2, 0) is 12.2 Å². The van der Waals surface area contributed by atoms with Gasteiger partial charge in [-0.1, -0.05) is 12.8 Å². The van der Waals surface area contributed by atoms with Gasteiger partial charge in [0, 0.05) is 24.9 Å². The van der Waals surface area contributed by atoms with Crippen molar-refractivity contribution in [3.8, 4) is 0 Å². The van der Waals surface area contributed by atoms with Crippen molar-refractivity contribution in [2.24, 2.45) is 7.05 Å². The van der Waals surface area contributed by atoms with E-state index < -0.39 is 6.10 Å². The Hall–Kier alpha value is -0.830. The molecule has 2 atom stereocenters. The van der Waals surface area contributed by atoms with E-state index in [0.717, 1.165) is 25.0 Å². The van der Waals surface area contributed by atoms with Crippen molar-refractivity contribution >= 4 is 0 Å². The van der Waals surface area contributed by atoms with E-state index in [9.17, 15) is 5.11 Å². The zero-order chi connectivity index (χ0) is 9.26. The minimum Gasteiger partial charge on any atom is -0.272 e. The van der Waals surface area contributed by atoms with E-state index in [-0.39, 0.29) is 5.92 Å². The molecule has 3 nitrogen and oxygen atoms in total. The van der Waals surface area contributed by atoms with Crippen LogP contribution >= 0.6 is 0 Å². The summed E-state index contributed by atoms with van der Waals surface area (Å²) in [5, 5.41) is 15.8. The van der Waals surface area contributed by atoms with Crippen LogP contribution in [0.25, 0.3) is 0 Å². The lowest BCUT2D eigenvalue weighted by Gasteiger charge is -2.25. The third-order valence-electron chi connectivity index (χ3n) is 2.94. The summed E-state index contributed by atoms with van der Waals surface area (Å²) in [5.74, 6) is 0.196. The summed E-state index contributed by atoms with van der Waals surface area (Å²) >= 11 is 0. The molecule has 1 saturated carbocycles. The van der Waals surface area contributed by atoms with E-state index in [1.807, 2.05) is 17.8 Å². The molecule has 1 radical (unpaired) electrons. The minimum absolute atomic E-state index is 0.196. The first kappa shape index (κ1) is 8.75. The highest BCUT2D eigenvalue weighted by Gasteiger charge is 2.27. The first-order valence-corrected chi connectivity index (χ1v) is 4.93. The predicted molar refractivity (Wildman–Crippen MR) is 48.9 cm³/mol. The van der Waals surface area contributed by atoms with Crippen LogP contribution in [0, 0.1) is 0 Å². The maximum atomic E-state index is 11.7. The van der Waals surface area contributed by atoms with Crippen LogP contribution in [0.15, 0.2) is 12.3 Å². The number of aryl methyl sites for hydroxylation is 1. The molecule has 0 amide bonds. The number of hydrogen-bond acceptors (Lipinski definition) is 1. The summed E-state index contributed by atoms with van der Waals surface area (Å²) in [5.41, 5.74) is 1.11. The molecule has 0 unspecified atom stereocenters. The zero-order valence-corrected chi connectivity index (χ0v) is 7.94. The standard InChI is InChI=1S/C10H15N2O/c1-12-9(6-7-11-12)8-4-2-3-5-10(8)13/h6-8,10H,2-5H2,1H3/t8-,10+/m1/s1. The van der Waals surface area contributed by atoms with Crippen LogP contribution < -0.4 is 0 Å². The van der Waals surface area contributed by atoms with Crippen LogP contribution in [0.3, 0.4) is 0 Å². The van der Waals surface area contributed by atoms with Crippen molar-refractivity contribution in [1.82, 2.24) is 9.78 Å². The van der Waals surface area contributed by atoms with Crippen molar-refractivity contribution in [2.45, 2.75) is 37.7 Å². The lowest BCUT2D eigenvalue weighted by Crippen LogP contribution is -2.23. The van der Waals surface area contributed by atoms with Gasteiger partial charge in [-0.25, -0.2) is 5.11 Å². The van der Waals surface area contributed by atoms with E-state index >= 15 is 0 Å². The second-order valence-corrected chi connectivity index (χ2v) is 3.81. The third kappa shape index (κ3) is 1.61. The monoisotopic (exact) mass is 179 g/mol. The fourth-order valence-corrected chi connectivity index (χ4v) is 2.18. The molecule has 1 aromatic heterocycles. The molecule has 0 aliphatic heterocycles. The van der Waals surface area contributed by atoms with Gasteiger partial charge in [0.05, 0.1) is 0 Å². The van der Waals surface area contributed by atoms with Gasteiger partial charge in [0.25, 0.3) is 0 Å². The molecule has 0 aromatic carbocycles. The summed E-state index contributed by atoms with van der Waals surface area (Å²) in [7, 11) is 1.91. The molecule has 1 aliphatic carbocycles. The Morgan fingerprint density at radius 1 is 1.46 bits per heavy atom. The Labute approximate surface area is 78.4 Å². The largest absolute Gasteiger partial charge is 0.272 e. The van der Waals surface area contributed by atoms with Gasteiger partial charge in [-0.2, -0.15) is 5.10 Å². The second kappa shape index (κ2) is 3.50. The van der Waals surface area contributed by atoms with E-state index in [4.69, 9.17) is 0 Å². The van der Waals surface area contributed by atoms with Crippen molar-refractivity contribution < 1.29 is 5.11 Å². The first-order chi connectivity index (χ1) is 6.29. The molecule has 1 aromatic rings. The fourth-order valence-electron chi connectivity index (χ4n) is 2.18. The Balaban J connectivity index is 2.19. The van der Waals surface area contributed by atoms with Crippen LogP contribution in [0.1, 0.15) is 37.3 Å². The van der Waals surface area contributed by atoms with Gasteiger partial charge in [0.15, 0.2) is 0 Å². The highest BCUT2D eigenvalue weighted by atomic mass is 16.3. The zero-order valence-electron chi connectivity index (χ0n) is 7.94. The summed E-state index contributed by atoms with van der Waals surface area (Å²) in [4.78, 5) is 0. The van der Waals surface area contributed by atoms with E-state index in [1.165, 1.54) is 6.42 Å². The Morgan fingerprint density at radius 3 is 2.85 bits per heavy atom. The molecule has 0 N–H and O–H groups in total. The highest BCUT2D eigenvalue weighted by molar-refractivity contribution is 5.10. The summed E-state index contributed by atoms with van der Waals surface area (Å²) in [6, 6.07) is 1.97. The SMILES string of the molecule is Cn1nccc1[C@H]1CCCC[C@@H]1[O]. The van der Waals surface area contributed by atoms with Gasteiger partial charge in [-0.3, -0.25) is 4.68 Å². The fraction of sp³-hybridized carbons (Fsp3) is 0.700. The molecular formula is C10H15N2O. The molecule has 2 rings (SSSR count). The average molecular weight is 179 g/mol. The number of rotatable bonds is 1. The molecular weight excluding hydrogens is 164 g/mol. The second-order valence-electron chi connectivity index (χ2n) is 3.81. The van der Waals surface area contributed by atoms with Gasteiger partial charge >= 0.3 is 0 Å². The van der Waals surface area contributed by atoms with Crippen LogP contribution in [0.5, 0.6) is 0 Å². The Morgan fingerprint density at radius 2 is 2.23 bits per heavy atom. The van der Waals surface area contributed by atoms with Crippen molar-refractivity contribution in [1.29, 1.82) is 0 Å². The predicted octanol–water partition coefficient (Wildman–Crippen LogP) is 1.88. The topological polar surface area (TPSA) is 37.7 Å². The molecule has 0 saturated heterocycles. The smallest absolute Gasteiger partial charge is 0.101 e. The van der Waals surface area contributed by atoms with Gasteiger partial charge < -0.3 is 0 Å². The molecule has 71 valence electrons. The molecule has 1 fully saturated rings. The summed E-state index contributed by atoms with van der Waals surface area (Å²) in [6.45, 7) is 0. The molecule has 13 heavy (non-hydrogen) atoms. The highest BCUT2D eigenvalue weighted by Crippen LogP contribution is 2.32. The van der Waals surface area contributed by atoms with Crippen LogP contribution in [0.4, 0.5) is 0 Å². The summed E-state index contributed by atoms with van der Waals surface area (Å²) in [6.07, 6.45) is 5.52. The Bertz CT molecular complexity index is 282. The molecule has 0 bridgehead atoms. The van der Waals surface area contributed by atoms with Crippen LogP contribution in [0.2, 0.25) is 0 Å². The van der Waals surface area contributed by atoms with E-state index in [2.05, 4.69) is 5.10 Å². The maximum Gasteiger partial charge on any atom is 0.101 e. The van der Waals surface area contributed by atoms with Crippen molar-refractivity contribution in [3.05, 3.63) is 18.0 Å². The maximum absolute atomic E-state index is 11.7. The van der Waals surface area contributed by atoms with Crippen molar-refractivity contribution in [3.63, 3.8) is 0 Å². The number of hydrogen-bond donors (Lipinski definition) is 0. The van der Waals surface area contributed by atoms with Crippen LogP contribution in [-0.4, -0.2) is 15.9 Å². The third-order valence-corrected chi connectivity index (χ3v) is 2.94. The van der Waals surface area contributed by atoms with E-state index in [1.54, 1.807) is 6.20 Å². The van der Waals surface area contributed by atoms with Crippen molar-refractivity contribution in [2.75, 3.05) is 0 Å². The summed E-state index contributed by atoms with van der Waals surface area (Å²) < 4.78 is 1.83. The van der Waals surface area contributed by atoms with Gasteiger partial charge in [-0.05, 0) is 18.9 Å². The Kier molecular flexibility index (Phi) is 2.36. The molecule has 0 spiro atoms.